The molecule has 25 heavy (non-hydrogen) atoms. The Morgan fingerprint density at radius 3 is 2.20 bits per heavy atom. The number of carbonyl (C=O) groups is 2. The largest absolute Gasteiger partial charge is 0.497 e. The smallest absolute Gasteiger partial charge is 0.328 e. The average Bonchev–Trinajstić information content (AvgIpc) is 2.66. The second-order valence-electron chi connectivity index (χ2n) is 5.30. The van der Waals surface area contributed by atoms with Gasteiger partial charge in [-0.05, 0) is 29.8 Å². The maximum atomic E-state index is 12.1. The third-order valence-corrected chi connectivity index (χ3v) is 3.53. The lowest BCUT2D eigenvalue weighted by molar-refractivity contribution is -0.145. The maximum Gasteiger partial charge on any atom is 0.328 e. The topological polar surface area (TPSA) is 73.9 Å². The molecule has 1 amide bonds. The van der Waals surface area contributed by atoms with Crippen LogP contribution in [0.15, 0.2) is 54.6 Å². The Morgan fingerprint density at radius 1 is 0.960 bits per heavy atom. The summed E-state index contributed by atoms with van der Waals surface area (Å²) in [5, 5.41) is 2.65. The first-order valence-electron chi connectivity index (χ1n) is 7.80. The molecule has 1 unspecified atom stereocenters. The van der Waals surface area contributed by atoms with Gasteiger partial charge in [0.05, 0.1) is 14.2 Å². The lowest BCUT2D eigenvalue weighted by atomic mass is 10.1. The highest BCUT2D eigenvalue weighted by atomic mass is 16.5. The number of rotatable bonds is 8. The highest BCUT2D eigenvalue weighted by Gasteiger charge is 2.22. The van der Waals surface area contributed by atoms with Crippen LogP contribution < -0.4 is 14.8 Å². The van der Waals surface area contributed by atoms with Crippen LogP contribution in [0.2, 0.25) is 0 Å². The van der Waals surface area contributed by atoms with Crippen LogP contribution in [0.4, 0.5) is 0 Å². The summed E-state index contributed by atoms with van der Waals surface area (Å²) in [6.07, 6.45) is 0.349. The number of methoxy groups -OCH3 is 2. The van der Waals surface area contributed by atoms with Crippen molar-refractivity contribution < 1.29 is 23.8 Å². The molecule has 0 aliphatic heterocycles. The van der Waals surface area contributed by atoms with Crippen molar-refractivity contribution in [2.45, 2.75) is 12.5 Å². The zero-order valence-electron chi connectivity index (χ0n) is 14.2. The van der Waals surface area contributed by atoms with Crippen molar-refractivity contribution in [1.82, 2.24) is 5.32 Å². The average molecular weight is 343 g/mol. The Labute approximate surface area is 146 Å². The Hall–Kier alpha value is -3.02. The molecule has 2 rings (SSSR count). The molecule has 0 heterocycles. The lowest BCUT2D eigenvalue weighted by Crippen LogP contribution is -2.44. The van der Waals surface area contributed by atoms with Gasteiger partial charge in [0.15, 0.2) is 6.61 Å². The van der Waals surface area contributed by atoms with Crippen molar-refractivity contribution in [2.24, 2.45) is 0 Å². The van der Waals surface area contributed by atoms with E-state index in [-0.39, 0.29) is 6.61 Å². The van der Waals surface area contributed by atoms with E-state index in [0.29, 0.717) is 17.9 Å². The highest BCUT2D eigenvalue weighted by molar-refractivity contribution is 5.85. The van der Waals surface area contributed by atoms with Crippen LogP contribution in [0, 0.1) is 0 Å². The molecule has 2 aromatic carbocycles. The van der Waals surface area contributed by atoms with Crippen LogP contribution >= 0.6 is 0 Å². The van der Waals surface area contributed by atoms with E-state index in [1.807, 2.05) is 30.3 Å². The highest BCUT2D eigenvalue weighted by Crippen LogP contribution is 2.16. The van der Waals surface area contributed by atoms with Crippen molar-refractivity contribution >= 4 is 11.9 Å². The van der Waals surface area contributed by atoms with Gasteiger partial charge in [0.25, 0.3) is 5.91 Å². The fourth-order valence-corrected chi connectivity index (χ4v) is 2.24. The normalized spacial score (nSPS) is 11.3. The lowest BCUT2D eigenvalue weighted by Gasteiger charge is -2.17. The van der Waals surface area contributed by atoms with E-state index < -0.39 is 17.9 Å². The van der Waals surface area contributed by atoms with E-state index in [1.165, 1.54) is 7.11 Å². The molecule has 0 fully saturated rings. The molecule has 0 bridgehead atoms. The summed E-state index contributed by atoms with van der Waals surface area (Å²) >= 11 is 0. The summed E-state index contributed by atoms with van der Waals surface area (Å²) in [4.78, 5) is 24.0. The molecule has 0 saturated carbocycles. The van der Waals surface area contributed by atoms with E-state index >= 15 is 0 Å². The Morgan fingerprint density at radius 2 is 1.60 bits per heavy atom. The van der Waals surface area contributed by atoms with Crippen LogP contribution in [0.1, 0.15) is 5.56 Å². The van der Waals surface area contributed by atoms with Gasteiger partial charge in [-0.3, -0.25) is 4.79 Å². The maximum absolute atomic E-state index is 12.1. The summed E-state index contributed by atoms with van der Waals surface area (Å²) < 4.78 is 15.2. The van der Waals surface area contributed by atoms with Crippen molar-refractivity contribution in [3.63, 3.8) is 0 Å². The second-order valence-corrected chi connectivity index (χ2v) is 5.30. The fraction of sp³-hybridized carbons (Fsp3) is 0.263. The van der Waals surface area contributed by atoms with Gasteiger partial charge in [0, 0.05) is 6.42 Å². The SMILES string of the molecule is COC(=O)C(Cc1ccccc1)NC(=O)COc1ccc(OC)cc1. The zero-order valence-corrected chi connectivity index (χ0v) is 14.2. The molecule has 1 atom stereocenters. The van der Waals surface area contributed by atoms with Crippen LogP contribution in [0.3, 0.4) is 0 Å². The van der Waals surface area contributed by atoms with Gasteiger partial charge >= 0.3 is 5.97 Å². The first-order chi connectivity index (χ1) is 12.1. The molecular weight excluding hydrogens is 322 g/mol. The second kappa shape index (κ2) is 9.32. The number of hydrogen-bond acceptors (Lipinski definition) is 5. The Balaban J connectivity index is 1.90. The summed E-state index contributed by atoms with van der Waals surface area (Å²) in [5.74, 6) is 0.336. The predicted molar refractivity (Wildman–Crippen MR) is 92.6 cm³/mol. The molecule has 0 spiro atoms. The van der Waals surface area contributed by atoms with Gasteiger partial charge in [0.2, 0.25) is 0 Å². The number of esters is 1. The standard InChI is InChI=1S/C19H21NO5/c1-23-15-8-10-16(11-9-15)25-13-18(21)20-17(19(22)24-2)12-14-6-4-3-5-7-14/h3-11,17H,12-13H2,1-2H3,(H,20,21). The van der Waals surface area contributed by atoms with Gasteiger partial charge in [-0.15, -0.1) is 0 Å². The molecule has 132 valence electrons. The van der Waals surface area contributed by atoms with E-state index in [1.54, 1.807) is 31.4 Å². The monoisotopic (exact) mass is 343 g/mol. The summed E-state index contributed by atoms with van der Waals surface area (Å²) in [6, 6.07) is 15.5. The molecule has 0 aromatic heterocycles. The summed E-state index contributed by atoms with van der Waals surface area (Å²) in [5.41, 5.74) is 0.925. The summed E-state index contributed by atoms with van der Waals surface area (Å²) in [6.45, 7) is -0.200. The van der Waals surface area contributed by atoms with E-state index in [4.69, 9.17) is 14.2 Å². The number of amides is 1. The Bertz CT molecular complexity index is 685. The fourth-order valence-electron chi connectivity index (χ4n) is 2.24. The van der Waals surface area contributed by atoms with Gasteiger partial charge < -0.3 is 19.5 Å². The molecular formula is C19H21NO5. The number of benzene rings is 2. The molecule has 0 aliphatic carbocycles. The molecule has 0 aliphatic rings. The molecule has 6 nitrogen and oxygen atoms in total. The molecule has 1 N–H and O–H groups in total. The van der Waals surface area contributed by atoms with Gasteiger partial charge in [-0.2, -0.15) is 0 Å². The van der Waals surface area contributed by atoms with Crippen molar-refractivity contribution in [2.75, 3.05) is 20.8 Å². The molecule has 0 radical (unpaired) electrons. The zero-order chi connectivity index (χ0) is 18.1. The van der Waals surface area contributed by atoms with Crippen molar-refractivity contribution in [1.29, 1.82) is 0 Å². The van der Waals surface area contributed by atoms with E-state index in [0.717, 1.165) is 5.56 Å². The van der Waals surface area contributed by atoms with E-state index in [2.05, 4.69) is 5.32 Å². The minimum atomic E-state index is -0.764. The quantitative estimate of drug-likeness (QED) is 0.742. The van der Waals surface area contributed by atoms with Gasteiger partial charge in [-0.25, -0.2) is 4.79 Å². The third-order valence-electron chi connectivity index (χ3n) is 3.53. The van der Waals surface area contributed by atoms with Gasteiger partial charge in [-0.1, -0.05) is 30.3 Å². The van der Waals surface area contributed by atoms with Crippen LogP contribution in [0.5, 0.6) is 11.5 Å². The van der Waals surface area contributed by atoms with Gasteiger partial charge in [0.1, 0.15) is 17.5 Å². The van der Waals surface area contributed by atoms with E-state index in [9.17, 15) is 9.59 Å². The minimum absolute atomic E-state index is 0.200. The number of carbonyl (C=O) groups excluding carboxylic acids is 2. The number of nitrogens with one attached hydrogen (secondary N) is 1. The van der Waals surface area contributed by atoms with Crippen LogP contribution in [0.25, 0.3) is 0 Å². The predicted octanol–water partition coefficient (Wildman–Crippen LogP) is 1.97. The summed E-state index contributed by atoms with van der Waals surface area (Å²) in [7, 11) is 2.86. The molecule has 2 aromatic rings. The number of hydrogen-bond donors (Lipinski definition) is 1. The molecule has 0 saturated heterocycles. The van der Waals surface area contributed by atoms with Crippen molar-refractivity contribution in [3.8, 4) is 11.5 Å². The van der Waals surface area contributed by atoms with Crippen LogP contribution in [-0.4, -0.2) is 38.7 Å². The number of ether oxygens (including phenoxy) is 3. The first kappa shape index (κ1) is 18.3. The van der Waals surface area contributed by atoms with Crippen LogP contribution in [-0.2, 0) is 20.7 Å². The first-order valence-corrected chi connectivity index (χ1v) is 7.80. The van der Waals surface area contributed by atoms with Crippen molar-refractivity contribution in [3.05, 3.63) is 60.2 Å². The third kappa shape index (κ3) is 5.84. The minimum Gasteiger partial charge on any atom is -0.497 e. The molecule has 6 heteroatoms. The Kier molecular flexibility index (Phi) is 6.83.